The minimum absolute atomic E-state index is 0.0104. The van der Waals surface area contributed by atoms with E-state index < -0.39 is 0 Å². The molecule has 1 aliphatic rings. The lowest BCUT2D eigenvalue weighted by atomic mass is 9.96. The molecule has 122 valence electrons. The lowest BCUT2D eigenvalue weighted by Gasteiger charge is -2.30. The van der Waals surface area contributed by atoms with Gasteiger partial charge in [0.15, 0.2) is 11.5 Å². The topological polar surface area (TPSA) is 74.0 Å². The van der Waals surface area contributed by atoms with Crippen LogP contribution in [0, 0.1) is 5.92 Å². The largest absolute Gasteiger partial charge is 0.493 e. The van der Waals surface area contributed by atoms with Gasteiger partial charge in [0.1, 0.15) is 0 Å². The van der Waals surface area contributed by atoms with E-state index in [1.165, 1.54) is 0 Å². The van der Waals surface area contributed by atoms with Crippen LogP contribution in [0.15, 0.2) is 12.1 Å². The third-order valence-electron chi connectivity index (χ3n) is 4.12. The first-order valence-corrected chi connectivity index (χ1v) is 7.39. The summed E-state index contributed by atoms with van der Waals surface area (Å²) in [5.74, 6) is 1.73. The molecular formula is C16H24N2O4. The molecular weight excluding hydrogens is 284 g/mol. The number of nitrogens with zero attached hydrogens (tertiary/aromatic N) is 1. The predicted molar refractivity (Wildman–Crippen MR) is 83.3 cm³/mol. The number of hydrogen-bond acceptors (Lipinski definition) is 5. The van der Waals surface area contributed by atoms with Crippen LogP contribution in [0.5, 0.6) is 17.2 Å². The van der Waals surface area contributed by atoms with Crippen LogP contribution in [0.3, 0.4) is 0 Å². The zero-order chi connectivity index (χ0) is 16.1. The summed E-state index contributed by atoms with van der Waals surface area (Å²) in [6, 6.07) is 3.92. The molecule has 2 rings (SSSR count). The number of carbonyl (C=O) groups excluding carboxylic acids is 1. The Hall–Kier alpha value is -1.95. The van der Waals surface area contributed by atoms with Gasteiger partial charge in [-0.15, -0.1) is 0 Å². The quantitative estimate of drug-likeness (QED) is 0.860. The van der Waals surface area contributed by atoms with Crippen molar-refractivity contribution >= 4 is 5.91 Å². The first-order chi connectivity index (χ1) is 10.6. The molecule has 0 atom stereocenters. The molecule has 1 saturated heterocycles. The Morgan fingerprint density at radius 3 is 2.09 bits per heavy atom. The van der Waals surface area contributed by atoms with E-state index in [9.17, 15) is 4.79 Å². The summed E-state index contributed by atoms with van der Waals surface area (Å²) in [4.78, 5) is 13.5. The Morgan fingerprint density at radius 1 is 1.14 bits per heavy atom. The minimum atomic E-state index is -0.188. The van der Waals surface area contributed by atoms with E-state index in [1.807, 2.05) is 12.1 Å². The van der Waals surface area contributed by atoms with Gasteiger partial charge in [-0.3, -0.25) is 9.69 Å². The van der Waals surface area contributed by atoms with E-state index in [-0.39, 0.29) is 11.8 Å². The summed E-state index contributed by atoms with van der Waals surface area (Å²) in [6.45, 7) is 2.51. The maximum Gasteiger partial charge on any atom is 0.220 e. The molecule has 0 spiro atoms. The highest BCUT2D eigenvalue weighted by Gasteiger charge is 2.23. The summed E-state index contributed by atoms with van der Waals surface area (Å²) < 4.78 is 16.1. The van der Waals surface area contributed by atoms with Crippen LogP contribution < -0.4 is 19.9 Å². The van der Waals surface area contributed by atoms with Gasteiger partial charge in [0, 0.05) is 12.5 Å². The van der Waals surface area contributed by atoms with Crippen molar-refractivity contribution in [2.75, 3.05) is 34.4 Å². The molecule has 0 aliphatic carbocycles. The number of hydrogen-bond donors (Lipinski definition) is 1. The Morgan fingerprint density at radius 2 is 1.68 bits per heavy atom. The Labute approximate surface area is 131 Å². The SMILES string of the molecule is COc1cc(CN2CCC(C(N)=O)CC2)cc(OC)c1OC. The number of carbonyl (C=O) groups is 1. The van der Waals surface area contributed by atoms with Gasteiger partial charge >= 0.3 is 0 Å². The highest BCUT2D eigenvalue weighted by molar-refractivity contribution is 5.76. The van der Waals surface area contributed by atoms with Gasteiger partial charge in [0.05, 0.1) is 21.3 Å². The van der Waals surface area contributed by atoms with E-state index in [4.69, 9.17) is 19.9 Å². The van der Waals surface area contributed by atoms with Gasteiger partial charge in [-0.1, -0.05) is 0 Å². The Bertz CT molecular complexity index is 500. The van der Waals surface area contributed by atoms with Gasteiger partial charge in [-0.2, -0.15) is 0 Å². The van der Waals surface area contributed by atoms with Crippen molar-refractivity contribution in [3.05, 3.63) is 17.7 Å². The van der Waals surface area contributed by atoms with E-state index in [2.05, 4.69) is 4.90 Å². The first-order valence-electron chi connectivity index (χ1n) is 7.39. The fraction of sp³-hybridized carbons (Fsp3) is 0.562. The van der Waals surface area contributed by atoms with Crippen LogP contribution in [0.1, 0.15) is 18.4 Å². The van der Waals surface area contributed by atoms with E-state index >= 15 is 0 Å². The fourth-order valence-corrected chi connectivity index (χ4v) is 2.86. The summed E-state index contributed by atoms with van der Waals surface area (Å²) in [5, 5.41) is 0. The van der Waals surface area contributed by atoms with Gasteiger partial charge in [-0.05, 0) is 43.6 Å². The number of methoxy groups -OCH3 is 3. The normalized spacial score (nSPS) is 16.3. The van der Waals surface area contributed by atoms with E-state index in [0.29, 0.717) is 17.2 Å². The second-order valence-electron chi connectivity index (χ2n) is 5.49. The zero-order valence-electron chi connectivity index (χ0n) is 13.4. The maximum absolute atomic E-state index is 11.2. The minimum Gasteiger partial charge on any atom is -0.493 e. The summed E-state index contributed by atoms with van der Waals surface area (Å²) in [7, 11) is 4.81. The molecule has 1 amide bonds. The van der Waals surface area contributed by atoms with Crippen LogP contribution >= 0.6 is 0 Å². The molecule has 0 bridgehead atoms. The monoisotopic (exact) mass is 308 g/mol. The Kier molecular flexibility index (Phi) is 5.49. The van der Waals surface area contributed by atoms with Gasteiger partial charge in [0.25, 0.3) is 0 Å². The molecule has 2 N–H and O–H groups in total. The summed E-state index contributed by atoms with van der Waals surface area (Å²) in [5.41, 5.74) is 6.46. The second-order valence-corrected chi connectivity index (χ2v) is 5.49. The smallest absolute Gasteiger partial charge is 0.220 e. The van der Waals surface area contributed by atoms with Crippen LogP contribution in [-0.4, -0.2) is 45.2 Å². The lowest BCUT2D eigenvalue weighted by molar-refractivity contribution is -0.123. The van der Waals surface area contributed by atoms with Crippen molar-refractivity contribution in [2.45, 2.75) is 19.4 Å². The molecule has 0 saturated carbocycles. The van der Waals surface area contributed by atoms with Crippen LogP contribution in [0.4, 0.5) is 0 Å². The van der Waals surface area contributed by atoms with Crippen molar-refractivity contribution < 1.29 is 19.0 Å². The zero-order valence-corrected chi connectivity index (χ0v) is 13.4. The van der Waals surface area contributed by atoms with Crippen LogP contribution in [-0.2, 0) is 11.3 Å². The average Bonchev–Trinajstić information content (AvgIpc) is 2.54. The highest BCUT2D eigenvalue weighted by atomic mass is 16.5. The lowest BCUT2D eigenvalue weighted by Crippen LogP contribution is -2.38. The number of nitrogens with two attached hydrogens (primary N) is 1. The number of likely N-dealkylation sites (tertiary alicyclic amines) is 1. The number of primary amides is 1. The molecule has 1 fully saturated rings. The number of rotatable bonds is 6. The third kappa shape index (κ3) is 3.62. The van der Waals surface area contributed by atoms with Crippen LogP contribution in [0.2, 0.25) is 0 Å². The maximum atomic E-state index is 11.2. The summed E-state index contributed by atoms with van der Waals surface area (Å²) in [6.07, 6.45) is 1.64. The van der Waals surface area contributed by atoms with Crippen molar-refractivity contribution in [1.82, 2.24) is 4.90 Å². The van der Waals surface area contributed by atoms with E-state index in [0.717, 1.165) is 38.0 Å². The number of amides is 1. The van der Waals surface area contributed by atoms with E-state index in [1.54, 1.807) is 21.3 Å². The standard InChI is InChI=1S/C16H24N2O4/c1-20-13-8-11(9-14(21-2)15(13)22-3)10-18-6-4-12(5-7-18)16(17)19/h8-9,12H,4-7,10H2,1-3H3,(H2,17,19). The fourth-order valence-electron chi connectivity index (χ4n) is 2.86. The molecule has 22 heavy (non-hydrogen) atoms. The number of piperidine rings is 1. The highest BCUT2D eigenvalue weighted by Crippen LogP contribution is 2.38. The van der Waals surface area contributed by atoms with Gasteiger partial charge in [0.2, 0.25) is 11.7 Å². The third-order valence-corrected chi connectivity index (χ3v) is 4.12. The molecule has 1 aromatic rings. The molecule has 0 aromatic heterocycles. The molecule has 6 nitrogen and oxygen atoms in total. The summed E-state index contributed by atoms with van der Waals surface area (Å²) >= 11 is 0. The Balaban J connectivity index is 2.09. The van der Waals surface area contributed by atoms with Crippen molar-refractivity contribution in [3.8, 4) is 17.2 Å². The molecule has 1 aliphatic heterocycles. The van der Waals surface area contributed by atoms with Crippen LogP contribution in [0.25, 0.3) is 0 Å². The molecule has 1 aromatic carbocycles. The molecule has 1 heterocycles. The molecule has 0 radical (unpaired) electrons. The first kappa shape index (κ1) is 16.4. The van der Waals surface area contributed by atoms with Gasteiger partial charge in [-0.25, -0.2) is 0 Å². The molecule has 0 unspecified atom stereocenters. The van der Waals surface area contributed by atoms with Gasteiger partial charge < -0.3 is 19.9 Å². The molecule has 6 heteroatoms. The van der Waals surface area contributed by atoms with Crippen molar-refractivity contribution in [2.24, 2.45) is 11.7 Å². The number of ether oxygens (including phenoxy) is 3. The average molecular weight is 308 g/mol. The number of benzene rings is 1. The van der Waals surface area contributed by atoms with Crippen molar-refractivity contribution in [3.63, 3.8) is 0 Å². The second kappa shape index (κ2) is 7.35. The predicted octanol–water partition coefficient (Wildman–Crippen LogP) is 1.41. The van der Waals surface area contributed by atoms with Crippen molar-refractivity contribution in [1.29, 1.82) is 0 Å².